The summed E-state index contributed by atoms with van der Waals surface area (Å²) in [7, 11) is 0. The molecule has 7 rings (SSSR count). The molecule has 0 aliphatic carbocycles. The number of likely N-dealkylation sites (tertiary alicyclic amines) is 1. The van der Waals surface area contributed by atoms with E-state index < -0.39 is 78.3 Å². The van der Waals surface area contributed by atoms with Gasteiger partial charge in [0.25, 0.3) is 0 Å². The summed E-state index contributed by atoms with van der Waals surface area (Å²) in [5, 5.41) is 3.28. The van der Waals surface area contributed by atoms with E-state index >= 15 is 0 Å². The van der Waals surface area contributed by atoms with Crippen LogP contribution in [0.5, 0.6) is 0 Å². The van der Waals surface area contributed by atoms with Crippen molar-refractivity contribution in [2.75, 3.05) is 13.2 Å². The van der Waals surface area contributed by atoms with Crippen molar-refractivity contribution in [1.29, 1.82) is 0 Å². The second-order valence-corrected chi connectivity index (χ2v) is 16.5. The molecule has 57 heavy (non-hydrogen) atoms. The highest BCUT2D eigenvalue weighted by molar-refractivity contribution is 7.13. The molecule has 15 nitrogen and oxygen atoms in total. The molecule has 0 radical (unpaired) electrons. The number of nitrogens with one attached hydrogen (secondary N) is 1. The lowest BCUT2D eigenvalue weighted by Gasteiger charge is -2.36. The molecule has 5 heterocycles. The first-order valence-corrected chi connectivity index (χ1v) is 20.1. The maximum atomic E-state index is 14.1. The highest BCUT2D eigenvalue weighted by atomic mass is 32.1. The second-order valence-electron chi connectivity index (χ2n) is 15.4. The van der Waals surface area contributed by atoms with E-state index in [1.54, 1.807) is 34.6 Å². The van der Waals surface area contributed by atoms with Crippen LogP contribution in [0.3, 0.4) is 0 Å². The fraction of sp³-hybridized carbons (Fsp3) is 0.537. The lowest BCUT2D eigenvalue weighted by molar-refractivity contribution is -0.240. The SMILES string of the molecule is Cc1nc(CC[C@H](NC(=O)OCc2ccccc2)C(=O)N2CCC[C@H]2C(=O)OCc2ccccc2)sc1C(=O)OCC1O[C@H]2OC(C)(C)OC2C2OC(C)(C)O[C@@H]12. The van der Waals surface area contributed by atoms with Crippen molar-refractivity contribution in [3.8, 4) is 0 Å². The lowest BCUT2D eigenvalue weighted by atomic mass is 9.99. The summed E-state index contributed by atoms with van der Waals surface area (Å²) in [5.41, 5.74) is 2.07. The predicted octanol–water partition coefficient (Wildman–Crippen LogP) is 4.97. The minimum atomic E-state index is -1.06. The molecule has 2 amide bonds. The average molecular weight is 808 g/mol. The molecule has 4 aliphatic rings. The smallest absolute Gasteiger partial charge is 0.408 e. The van der Waals surface area contributed by atoms with Gasteiger partial charge in [0.2, 0.25) is 5.91 Å². The third-order valence-corrected chi connectivity index (χ3v) is 11.3. The molecule has 0 saturated carbocycles. The zero-order valence-corrected chi connectivity index (χ0v) is 33.5. The molecule has 3 unspecified atom stereocenters. The number of aromatic nitrogens is 1. The number of benzene rings is 2. The Labute approximate surface area is 335 Å². The summed E-state index contributed by atoms with van der Waals surface area (Å²) >= 11 is 1.14. The van der Waals surface area contributed by atoms with Crippen molar-refractivity contribution in [3.63, 3.8) is 0 Å². The number of amides is 2. The van der Waals surface area contributed by atoms with Crippen LogP contribution in [-0.2, 0) is 67.1 Å². The van der Waals surface area contributed by atoms with E-state index in [2.05, 4.69) is 10.3 Å². The number of rotatable bonds is 13. The Morgan fingerprint density at radius 1 is 0.860 bits per heavy atom. The Bertz CT molecular complexity index is 1910. The van der Waals surface area contributed by atoms with Crippen molar-refractivity contribution >= 4 is 35.3 Å². The van der Waals surface area contributed by atoms with E-state index in [4.69, 9.17) is 37.9 Å². The fourth-order valence-corrected chi connectivity index (χ4v) is 8.51. The van der Waals surface area contributed by atoms with E-state index in [0.717, 1.165) is 22.5 Å². The van der Waals surface area contributed by atoms with Crippen LogP contribution in [0, 0.1) is 6.92 Å². The van der Waals surface area contributed by atoms with Gasteiger partial charge in [-0.15, -0.1) is 11.3 Å². The van der Waals surface area contributed by atoms with Gasteiger partial charge in [0.15, 0.2) is 17.9 Å². The van der Waals surface area contributed by atoms with Crippen LogP contribution in [0.1, 0.15) is 78.5 Å². The van der Waals surface area contributed by atoms with Crippen molar-refractivity contribution in [2.45, 2.75) is 128 Å². The molecule has 7 atom stereocenters. The average Bonchev–Trinajstić information content (AvgIpc) is 3.97. The standard InChI is InChI=1S/C41H49N3O12S/c1-24-34(37(47)50-23-29-31-32(54-40(2,3)53-31)33-38(52-29)56-41(4,5)55-33)57-30(42-24)19-18-27(43-39(48)51-22-26-15-10-7-11-16-26)35(45)44-20-12-17-28(44)36(46)49-21-25-13-8-6-9-14-25/h6-11,13-16,27-29,31-33,38H,12,17-23H2,1-5H3,(H,43,48)/t27-,28-,29?,31-,32?,33?,38-/m0/s1. The minimum Gasteiger partial charge on any atom is -0.459 e. The van der Waals surface area contributed by atoms with Gasteiger partial charge in [0, 0.05) is 13.0 Å². The fourth-order valence-electron chi connectivity index (χ4n) is 7.53. The Morgan fingerprint density at radius 2 is 1.49 bits per heavy atom. The van der Waals surface area contributed by atoms with E-state index in [-0.39, 0.29) is 32.7 Å². The first kappa shape index (κ1) is 40.7. The summed E-state index contributed by atoms with van der Waals surface area (Å²) < 4.78 is 47.3. The number of nitrogens with zero attached hydrogens (tertiary/aromatic N) is 2. The predicted molar refractivity (Wildman–Crippen MR) is 203 cm³/mol. The molecular weight excluding hydrogens is 759 g/mol. The summed E-state index contributed by atoms with van der Waals surface area (Å²) in [6.07, 6.45) is -2.36. The van der Waals surface area contributed by atoms with Crippen LogP contribution < -0.4 is 5.32 Å². The number of hydrogen-bond donors (Lipinski definition) is 1. The Hall–Kier alpha value is -4.45. The van der Waals surface area contributed by atoms with Gasteiger partial charge >= 0.3 is 18.0 Å². The molecule has 4 fully saturated rings. The van der Waals surface area contributed by atoms with Gasteiger partial charge in [0.1, 0.15) is 61.2 Å². The molecule has 1 aromatic heterocycles. The third-order valence-electron chi connectivity index (χ3n) is 10.1. The Morgan fingerprint density at radius 3 is 2.19 bits per heavy atom. The molecule has 4 saturated heterocycles. The van der Waals surface area contributed by atoms with Crippen LogP contribution in [0.4, 0.5) is 4.79 Å². The number of carbonyl (C=O) groups is 4. The van der Waals surface area contributed by atoms with Crippen molar-refractivity contribution in [2.24, 2.45) is 0 Å². The van der Waals surface area contributed by atoms with Gasteiger partial charge in [-0.25, -0.2) is 19.4 Å². The lowest BCUT2D eigenvalue weighted by Crippen LogP contribution is -2.56. The summed E-state index contributed by atoms with van der Waals surface area (Å²) in [6, 6.07) is 16.6. The van der Waals surface area contributed by atoms with Crippen LogP contribution in [0.2, 0.25) is 0 Å². The Kier molecular flexibility index (Phi) is 12.3. The zero-order chi connectivity index (χ0) is 40.3. The number of hydrogen-bond acceptors (Lipinski definition) is 14. The van der Waals surface area contributed by atoms with Gasteiger partial charge in [0.05, 0.1) is 10.7 Å². The first-order valence-electron chi connectivity index (χ1n) is 19.2. The molecule has 4 aliphatic heterocycles. The summed E-state index contributed by atoms with van der Waals surface area (Å²) in [6.45, 7) is 9.18. The maximum Gasteiger partial charge on any atom is 0.408 e. The maximum absolute atomic E-state index is 14.1. The Balaban J connectivity index is 0.994. The topological polar surface area (TPSA) is 170 Å². The van der Waals surface area contributed by atoms with E-state index in [1.165, 1.54) is 4.90 Å². The van der Waals surface area contributed by atoms with Crippen LogP contribution in [-0.4, -0.2) is 101 Å². The molecule has 0 bridgehead atoms. The number of thiazole rings is 1. The molecule has 16 heteroatoms. The zero-order valence-electron chi connectivity index (χ0n) is 32.7. The second kappa shape index (κ2) is 17.2. The number of alkyl carbamates (subject to hydrolysis) is 1. The molecule has 306 valence electrons. The molecule has 1 N–H and O–H groups in total. The molecule has 2 aromatic carbocycles. The molecule has 3 aromatic rings. The van der Waals surface area contributed by atoms with Crippen LogP contribution >= 0.6 is 11.3 Å². The van der Waals surface area contributed by atoms with Gasteiger partial charge < -0.3 is 48.1 Å². The van der Waals surface area contributed by atoms with Gasteiger partial charge in [-0.3, -0.25) is 4.79 Å². The third kappa shape index (κ3) is 9.82. The summed E-state index contributed by atoms with van der Waals surface area (Å²) in [5.74, 6) is -3.32. The highest BCUT2D eigenvalue weighted by Gasteiger charge is 2.61. The van der Waals surface area contributed by atoms with E-state index in [0.29, 0.717) is 35.0 Å². The normalized spacial score (nSPS) is 26.2. The minimum absolute atomic E-state index is 0.00706. The molecule has 0 spiro atoms. The first-order chi connectivity index (χ1) is 27.2. The van der Waals surface area contributed by atoms with E-state index in [1.807, 2.05) is 60.7 Å². The number of ether oxygens (including phenoxy) is 8. The quantitative estimate of drug-likeness (QED) is 0.182. The highest BCUT2D eigenvalue weighted by Crippen LogP contribution is 2.44. The largest absolute Gasteiger partial charge is 0.459 e. The molecular formula is C41H49N3O12S. The number of aryl methyl sites for hydroxylation is 2. The summed E-state index contributed by atoms with van der Waals surface area (Å²) in [4.78, 5) is 60.2. The van der Waals surface area contributed by atoms with Crippen molar-refractivity contribution in [3.05, 3.63) is 87.4 Å². The van der Waals surface area contributed by atoms with Crippen molar-refractivity contribution < 1.29 is 57.1 Å². The van der Waals surface area contributed by atoms with Crippen LogP contribution in [0.15, 0.2) is 60.7 Å². The number of esters is 2. The van der Waals surface area contributed by atoms with Gasteiger partial charge in [-0.05, 0) is 65.0 Å². The van der Waals surface area contributed by atoms with Crippen LogP contribution in [0.25, 0.3) is 0 Å². The number of fused-ring (bicyclic) bond motifs is 3. The van der Waals surface area contributed by atoms with Gasteiger partial charge in [-0.2, -0.15) is 0 Å². The van der Waals surface area contributed by atoms with Crippen molar-refractivity contribution in [1.82, 2.24) is 15.2 Å². The monoisotopic (exact) mass is 807 g/mol. The number of carbonyl (C=O) groups excluding carboxylic acids is 4. The van der Waals surface area contributed by atoms with Gasteiger partial charge in [-0.1, -0.05) is 60.7 Å². The van der Waals surface area contributed by atoms with E-state index in [9.17, 15) is 19.2 Å².